The summed E-state index contributed by atoms with van der Waals surface area (Å²) < 4.78 is 15.2. The van der Waals surface area contributed by atoms with Crippen molar-refractivity contribution >= 4 is 23.2 Å². The van der Waals surface area contributed by atoms with Gasteiger partial charge < -0.3 is 5.32 Å². The minimum Gasteiger partial charge on any atom is -0.321 e. The Labute approximate surface area is 156 Å². The van der Waals surface area contributed by atoms with Crippen LogP contribution in [0, 0.1) is 5.82 Å². The minimum atomic E-state index is -0.645. The number of aromatic amines is 1. The van der Waals surface area contributed by atoms with Crippen LogP contribution in [0.25, 0.3) is 17.1 Å². The highest BCUT2D eigenvalue weighted by atomic mass is 35.5. The lowest BCUT2D eigenvalue weighted by atomic mass is 10.2. The number of anilines is 1. The first-order valence-electron chi connectivity index (χ1n) is 7.64. The van der Waals surface area contributed by atoms with Crippen LogP contribution in [0.4, 0.5) is 10.1 Å². The Kier molecular flexibility index (Phi) is 4.30. The number of nitrogens with one attached hydrogen (secondary N) is 2. The van der Waals surface area contributed by atoms with Gasteiger partial charge in [0.25, 0.3) is 5.91 Å². The molecule has 0 saturated carbocycles. The molecule has 0 radical (unpaired) electrons. The van der Waals surface area contributed by atoms with Crippen molar-refractivity contribution in [1.29, 1.82) is 0 Å². The van der Waals surface area contributed by atoms with Gasteiger partial charge >= 0.3 is 0 Å². The molecule has 27 heavy (non-hydrogen) atoms. The first-order valence-corrected chi connectivity index (χ1v) is 8.01. The molecule has 0 atom stereocenters. The van der Waals surface area contributed by atoms with Crippen LogP contribution >= 0.6 is 11.6 Å². The summed E-state index contributed by atoms with van der Waals surface area (Å²) >= 11 is 5.76. The van der Waals surface area contributed by atoms with E-state index in [4.69, 9.17) is 11.6 Å². The summed E-state index contributed by atoms with van der Waals surface area (Å²) in [5.74, 6) is -0.691. The van der Waals surface area contributed by atoms with Crippen LogP contribution in [0.15, 0.2) is 48.7 Å². The highest BCUT2D eigenvalue weighted by molar-refractivity contribution is 6.30. The number of rotatable bonds is 4. The van der Waals surface area contributed by atoms with Gasteiger partial charge in [0, 0.05) is 11.3 Å². The van der Waals surface area contributed by atoms with Crippen LogP contribution in [-0.2, 0) is 0 Å². The second-order valence-electron chi connectivity index (χ2n) is 5.39. The minimum absolute atomic E-state index is 0.0246. The lowest BCUT2D eigenvalue weighted by molar-refractivity contribution is 0.102. The Morgan fingerprint density at radius 3 is 2.70 bits per heavy atom. The average Bonchev–Trinajstić information content (AvgIpc) is 3.36. The first-order chi connectivity index (χ1) is 13.1. The number of benzene rings is 2. The van der Waals surface area contributed by atoms with Crippen LogP contribution in [0.3, 0.4) is 0 Å². The normalized spacial score (nSPS) is 10.7. The zero-order chi connectivity index (χ0) is 18.8. The Hall–Kier alpha value is -3.66. The van der Waals surface area contributed by atoms with E-state index in [0.29, 0.717) is 11.5 Å². The van der Waals surface area contributed by atoms with Gasteiger partial charge in [0.05, 0.1) is 11.2 Å². The smallest absolute Gasteiger partial charge is 0.277 e. The molecular weight excluding hydrogens is 375 g/mol. The molecule has 2 aromatic carbocycles. The zero-order valence-corrected chi connectivity index (χ0v) is 14.2. The molecule has 2 aromatic heterocycles. The molecule has 0 unspecified atom stereocenters. The lowest BCUT2D eigenvalue weighted by Crippen LogP contribution is -2.12. The first kappa shape index (κ1) is 16.8. The van der Waals surface area contributed by atoms with E-state index in [1.807, 2.05) is 0 Å². The van der Waals surface area contributed by atoms with Crippen molar-refractivity contribution < 1.29 is 9.18 Å². The zero-order valence-electron chi connectivity index (χ0n) is 13.5. The predicted octanol–water partition coefficient (Wildman–Crippen LogP) is 2.49. The van der Waals surface area contributed by atoms with Crippen molar-refractivity contribution in [3.8, 4) is 17.1 Å². The summed E-state index contributed by atoms with van der Waals surface area (Å²) in [6, 6.07) is 11.3. The molecule has 0 fully saturated rings. The third-order valence-electron chi connectivity index (χ3n) is 3.65. The number of amides is 1. The summed E-state index contributed by atoms with van der Waals surface area (Å²) in [7, 11) is 0. The van der Waals surface area contributed by atoms with E-state index in [9.17, 15) is 9.18 Å². The Bertz CT molecular complexity index is 1090. The maximum absolute atomic E-state index is 14.1. The molecule has 0 bridgehead atoms. The third kappa shape index (κ3) is 3.37. The molecule has 4 rings (SSSR count). The van der Waals surface area contributed by atoms with Crippen LogP contribution in [0.1, 0.15) is 10.5 Å². The van der Waals surface area contributed by atoms with E-state index in [1.165, 1.54) is 18.3 Å². The number of carbonyl (C=O) groups excluding carboxylic acids is 1. The Morgan fingerprint density at radius 2 is 1.96 bits per heavy atom. The summed E-state index contributed by atoms with van der Waals surface area (Å²) in [6.07, 6.45) is 1.32. The number of hydrogen-bond donors (Lipinski definition) is 2. The SMILES string of the molecule is O=C(Nc1ccc(-c2nn[nH]n2)cc1)c1cn(-c2cccc(Cl)c2F)nn1. The van der Waals surface area contributed by atoms with E-state index in [1.54, 1.807) is 30.3 Å². The average molecular weight is 385 g/mol. The fourth-order valence-corrected chi connectivity index (χ4v) is 2.51. The fourth-order valence-electron chi connectivity index (χ4n) is 2.34. The van der Waals surface area contributed by atoms with Crippen molar-refractivity contribution in [3.63, 3.8) is 0 Å². The van der Waals surface area contributed by atoms with Crippen molar-refractivity contribution in [2.45, 2.75) is 0 Å². The van der Waals surface area contributed by atoms with E-state index < -0.39 is 11.7 Å². The van der Waals surface area contributed by atoms with Crippen molar-refractivity contribution in [2.24, 2.45) is 0 Å². The molecule has 2 N–H and O–H groups in total. The molecule has 0 aliphatic carbocycles. The molecule has 4 aromatic rings. The molecule has 0 aliphatic heterocycles. The molecule has 1 amide bonds. The van der Waals surface area contributed by atoms with E-state index in [-0.39, 0.29) is 16.4 Å². The van der Waals surface area contributed by atoms with E-state index in [0.717, 1.165) is 10.2 Å². The van der Waals surface area contributed by atoms with Crippen LogP contribution in [0.2, 0.25) is 5.02 Å². The highest BCUT2D eigenvalue weighted by Crippen LogP contribution is 2.21. The Balaban J connectivity index is 1.51. The molecule has 0 aliphatic rings. The maximum Gasteiger partial charge on any atom is 0.277 e. The fraction of sp³-hybridized carbons (Fsp3) is 0. The standard InChI is InChI=1S/C16H10ClFN8O/c17-11-2-1-3-13(14(11)18)26-8-12(20-25-26)16(27)19-10-6-4-9(5-7-10)15-21-23-24-22-15/h1-8H,(H,19,27)(H,21,22,23,24). The predicted molar refractivity (Wildman–Crippen MR) is 93.9 cm³/mol. The van der Waals surface area contributed by atoms with Gasteiger partial charge in [-0.05, 0) is 41.6 Å². The van der Waals surface area contributed by atoms with Gasteiger partial charge in [0.15, 0.2) is 11.5 Å². The molecule has 134 valence electrons. The quantitative estimate of drug-likeness (QED) is 0.558. The van der Waals surface area contributed by atoms with Gasteiger partial charge in [-0.25, -0.2) is 9.07 Å². The second kappa shape index (κ2) is 6.92. The monoisotopic (exact) mass is 384 g/mol. The number of carbonyl (C=O) groups is 1. The number of aromatic nitrogens is 7. The molecule has 2 heterocycles. The van der Waals surface area contributed by atoms with Crippen LogP contribution < -0.4 is 5.32 Å². The topological polar surface area (TPSA) is 114 Å². The van der Waals surface area contributed by atoms with Crippen LogP contribution in [-0.4, -0.2) is 41.5 Å². The van der Waals surface area contributed by atoms with E-state index >= 15 is 0 Å². The largest absolute Gasteiger partial charge is 0.321 e. The number of hydrogen-bond acceptors (Lipinski definition) is 6. The summed E-state index contributed by atoms with van der Waals surface area (Å²) in [6.45, 7) is 0. The third-order valence-corrected chi connectivity index (χ3v) is 3.94. The molecule has 0 saturated heterocycles. The molecule has 9 nitrogen and oxygen atoms in total. The van der Waals surface area contributed by atoms with Crippen LogP contribution in [0.5, 0.6) is 0 Å². The van der Waals surface area contributed by atoms with Gasteiger partial charge in [-0.15, -0.1) is 15.3 Å². The summed E-state index contributed by atoms with van der Waals surface area (Å²) in [5.41, 5.74) is 1.40. The summed E-state index contributed by atoms with van der Waals surface area (Å²) in [4.78, 5) is 12.3. The van der Waals surface area contributed by atoms with Crippen molar-refractivity contribution in [1.82, 2.24) is 35.6 Å². The van der Waals surface area contributed by atoms with Gasteiger partial charge in [0.1, 0.15) is 5.69 Å². The number of halogens is 2. The molecule has 11 heteroatoms. The van der Waals surface area contributed by atoms with E-state index in [2.05, 4.69) is 36.3 Å². The number of tetrazole rings is 1. The van der Waals surface area contributed by atoms with Gasteiger partial charge in [0.2, 0.25) is 5.82 Å². The second-order valence-corrected chi connectivity index (χ2v) is 5.80. The van der Waals surface area contributed by atoms with Crippen molar-refractivity contribution in [2.75, 3.05) is 5.32 Å². The van der Waals surface area contributed by atoms with Gasteiger partial charge in [-0.1, -0.05) is 22.9 Å². The van der Waals surface area contributed by atoms with Crippen molar-refractivity contribution in [3.05, 3.63) is 65.2 Å². The number of nitrogens with zero attached hydrogens (tertiary/aromatic N) is 6. The summed E-state index contributed by atoms with van der Waals surface area (Å²) in [5, 5.41) is 23.8. The molecule has 0 spiro atoms. The van der Waals surface area contributed by atoms with Gasteiger partial charge in [-0.2, -0.15) is 5.21 Å². The maximum atomic E-state index is 14.1. The highest BCUT2D eigenvalue weighted by Gasteiger charge is 2.15. The Morgan fingerprint density at radius 1 is 1.15 bits per heavy atom. The van der Waals surface area contributed by atoms with Gasteiger partial charge in [-0.3, -0.25) is 4.79 Å². The molecular formula is C16H10ClFN8O. The lowest BCUT2D eigenvalue weighted by Gasteiger charge is -2.04. The number of H-pyrrole nitrogens is 1.